The summed E-state index contributed by atoms with van der Waals surface area (Å²) in [4.78, 5) is 0. The molecular formula is C18H36N. The molecule has 1 fully saturated rings. The molecule has 1 rings (SSSR count). The van der Waals surface area contributed by atoms with Gasteiger partial charge < -0.3 is 0 Å². The van der Waals surface area contributed by atoms with Gasteiger partial charge in [0.25, 0.3) is 0 Å². The molecule has 0 spiro atoms. The molecule has 1 radical (unpaired) electrons. The molecular weight excluding hydrogens is 230 g/mol. The molecule has 0 aromatic carbocycles. The van der Waals surface area contributed by atoms with Gasteiger partial charge in [0.1, 0.15) is 0 Å². The summed E-state index contributed by atoms with van der Waals surface area (Å²) < 4.78 is 0. The van der Waals surface area contributed by atoms with Crippen molar-refractivity contribution in [3.05, 3.63) is 0 Å². The third-order valence-corrected chi connectivity index (χ3v) is 4.67. The summed E-state index contributed by atoms with van der Waals surface area (Å²) in [6.07, 6.45) is 18.2. The van der Waals surface area contributed by atoms with Crippen molar-refractivity contribution in [1.29, 1.82) is 0 Å². The Hall–Kier alpha value is -0.0400. The van der Waals surface area contributed by atoms with Crippen LogP contribution in [-0.2, 0) is 0 Å². The van der Waals surface area contributed by atoms with Gasteiger partial charge in [-0.05, 0) is 31.6 Å². The largest absolute Gasteiger partial charge is 0.238 e. The van der Waals surface area contributed by atoms with Crippen LogP contribution >= 0.6 is 0 Å². The van der Waals surface area contributed by atoms with E-state index in [1.54, 1.807) is 0 Å². The molecule has 1 aliphatic rings. The lowest BCUT2D eigenvalue weighted by atomic mass is 9.93. The first-order chi connectivity index (χ1) is 9.38. The smallest absolute Gasteiger partial charge is 0.0274 e. The van der Waals surface area contributed by atoms with E-state index in [4.69, 9.17) is 5.32 Å². The van der Waals surface area contributed by atoms with Crippen LogP contribution in [0.15, 0.2) is 0 Å². The van der Waals surface area contributed by atoms with Crippen LogP contribution in [0, 0.1) is 5.92 Å². The third kappa shape index (κ3) is 7.97. The van der Waals surface area contributed by atoms with Crippen LogP contribution in [0.5, 0.6) is 0 Å². The minimum absolute atomic E-state index is 0.709. The van der Waals surface area contributed by atoms with E-state index in [-0.39, 0.29) is 0 Å². The molecule has 0 saturated heterocycles. The van der Waals surface area contributed by atoms with Gasteiger partial charge in [-0.25, -0.2) is 5.32 Å². The summed E-state index contributed by atoms with van der Waals surface area (Å²) in [5.74, 6) is 0.938. The molecule has 1 saturated carbocycles. The van der Waals surface area contributed by atoms with E-state index in [0.29, 0.717) is 6.04 Å². The van der Waals surface area contributed by atoms with Gasteiger partial charge in [0, 0.05) is 12.6 Å². The van der Waals surface area contributed by atoms with Crippen LogP contribution in [0.25, 0.3) is 0 Å². The molecule has 0 amide bonds. The average molecular weight is 266 g/mol. The Morgan fingerprint density at radius 2 is 1.47 bits per heavy atom. The normalized spacial score (nSPS) is 18.0. The fraction of sp³-hybridized carbons (Fsp3) is 1.00. The number of rotatable bonds is 12. The number of unbranched alkanes of at least 4 members (excludes halogenated alkanes) is 6. The van der Waals surface area contributed by atoms with Crippen molar-refractivity contribution < 1.29 is 0 Å². The Kier molecular flexibility index (Phi) is 10.5. The van der Waals surface area contributed by atoms with E-state index >= 15 is 0 Å². The molecule has 0 N–H and O–H groups in total. The molecule has 1 nitrogen and oxygen atoms in total. The number of hydrogen-bond acceptors (Lipinski definition) is 0. The minimum atomic E-state index is 0.709. The lowest BCUT2D eigenvalue weighted by Crippen LogP contribution is -2.30. The predicted octanol–water partition coefficient (Wildman–Crippen LogP) is 5.70. The highest BCUT2D eigenvalue weighted by Crippen LogP contribution is 2.30. The Morgan fingerprint density at radius 1 is 0.842 bits per heavy atom. The number of nitrogens with zero attached hydrogens (tertiary/aromatic N) is 1. The molecule has 1 aliphatic carbocycles. The van der Waals surface area contributed by atoms with E-state index in [0.717, 1.165) is 12.5 Å². The molecule has 1 heteroatoms. The molecule has 0 aromatic rings. The second kappa shape index (κ2) is 11.8. The highest BCUT2D eigenvalue weighted by atomic mass is 14.9. The molecule has 1 atom stereocenters. The Labute approximate surface area is 121 Å². The van der Waals surface area contributed by atoms with Crippen LogP contribution in [0.2, 0.25) is 0 Å². The molecule has 0 aromatic heterocycles. The fourth-order valence-electron chi connectivity index (χ4n) is 3.39. The second-order valence-electron chi connectivity index (χ2n) is 6.43. The highest BCUT2D eigenvalue weighted by Gasteiger charge is 2.24. The van der Waals surface area contributed by atoms with E-state index in [1.165, 1.54) is 83.5 Å². The maximum Gasteiger partial charge on any atom is 0.0274 e. The van der Waals surface area contributed by atoms with E-state index < -0.39 is 0 Å². The van der Waals surface area contributed by atoms with E-state index in [1.807, 2.05) is 0 Å². The summed E-state index contributed by atoms with van der Waals surface area (Å²) in [7, 11) is 0. The minimum Gasteiger partial charge on any atom is -0.238 e. The standard InChI is InChI=1S/C18H36N/c1-3-5-7-9-15-18(17-13-10-11-14-17)19-16-12-8-6-4-2/h17-18H,3-16H2,1-2H3. The average Bonchev–Trinajstić information content (AvgIpc) is 2.95. The van der Waals surface area contributed by atoms with Gasteiger partial charge in [-0.3, -0.25) is 0 Å². The first-order valence-electron chi connectivity index (χ1n) is 9.05. The van der Waals surface area contributed by atoms with E-state index in [9.17, 15) is 0 Å². The number of hydrogen-bond donors (Lipinski definition) is 0. The van der Waals surface area contributed by atoms with Crippen LogP contribution in [0.3, 0.4) is 0 Å². The van der Waals surface area contributed by atoms with Gasteiger partial charge in [-0.1, -0.05) is 71.6 Å². The summed E-state index contributed by atoms with van der Waals surface area (Å²) >= 11 is 0. The zero-order valence-corrected chi connectivity index (χ0v) is 13.5. The topological polar surface area (TPSA) is 14.1 Å². The van der Waals surface area contributed by atoms with Crippen LogP contribution < -0.4 is 5.32 Å². The summed E-state index contributed by atoms with van der Waals surface area (Å²) in [6, 6.07) is 0.709. The van der Waals surface area contributed by atoms with Gasteiger partial charge in [-0.2, -0.15) is 0 Å². The monoisotopic (exact) mass is 266 g/mol. The van der Waals surface area contributed by atoms with Crippen LogP contribution in [-0.4, -0.2) is 12.6 Å². The zero-order chi connectivity index (χ0) is 13.8. The third-order valence-electron chi connectivity index (χ3n) is 4.67. The maximum absolute atomic E-state index is 5.08. The van der Waals surface area contributed by atoms with Crippen molar-refractivity contribution in [2.24, 2.45) is 5.92 Å². The van der Waals surface area contributed by atoms with Crippen LogP contribution in [0.1, 0.15) is 97.3 Å². The van der Waals surface area contributed by atoms with Gasteiger partial charge in [0.15, 0.2) is 0 Å². The zero-order valence-electron chi connectivity index (χ0n) is 13.5. The molecule has 113 valence electrons. The summed E-state index contributed by atoms with van der Waals surface area (Å²) in [6.45, 7) is 5.72. The van der Waals surface area contributed by atoms with Crippen molar-refractivity contribution in [2.45, 2.75) is 103 Å². The first kappa shape index (κ1) is 17.0. The van der Waals surface area contributed by atoms with Crippen molar-refractivity contribution in [1.82, 2.24) is 5.32 Å². The quantitative estimate of drug-likeness (QED) is 0.402. The fourth-order valence-corrected chi connectivity index (χ4v) is 3.39. The molecule has 0 heterocycles. The SMILES string of the molecule is CCCCCC[N]C(CCCCCC)C1CCCC1. The van der Waals surface area contributed by atoms with Gasteiger partial charge in [0.2, 0.25) is 0 Å². The maximum atomic E-state index is 5.08. The predicted molar refractivity (Wildman–Crippen MR) is 85.6 cm³/mol. The second-order valence-corrected chi connectivity index (χ2v) is 6.43. The van der Waals surface area contributed by atoms with Crippen molar-refractivity contribution in [3.8, 4) is 0 Å². The Balaban J connectivity index is 2.16. The Morgan fingerprint density at radius 3 is 2.11 bits per heavy atom. The lowest BCUT2D eigenvalue weighted by molar-refractivity contribution is 0.322. The summed E-state index contributed by atoms with van der Waals surface area (Å²) in [5, 5.41) is 5.08. The molecule has 19 heavy (non-hydrogen) atoms. The molecule has 0 aliphatic heterocycles. The van der Waals surface area contributed by atoms with Crippen molar-refractivity contribution >= 4 is 0 Å². The highest BCUT2D eigenvalue weighted by molar-refractivity contribution is 4.80. The Bertz CT molecular complexity index is 184. The van der Waals surface area contributed by atoms with Crippen LogP contribution in [0.4, 0.5) is 0 Å². The van der Waals surface area contributed by atoms with Gasteiger partial charge in [-0.15, -0.1) is 0 Å². The first-order valence-corrected chi connectivity index (χ1v) is 9.05. The molecule has 1 unspecified atom stereocenters. The van der Waals surface area contributed by atoms with Gasteiger partial charge >= 0.3 is 0 Å². The van der Waals surface area contributed by atoms with Gasteiger partial charge in [0.05, 0.1) is 0 Å². The lowest BCUT2D eigenvalue weighted by Gasteiger charge is -2.23. The van der Waals surface area contributed by atoms with Crippen molar-refractivity contribution in [3.63, 3.8) is 0 Å². The van der Waals surface area contributed by atoms with Crippen molar-refractivity contribution in [2.75, 3.05) is 6.54 Å². The summed E-state index contributed by atoms with van der Waals surface area (Å²) in [5.41, 5.74) is 0. The molecule has 0 bridgehead atoms. The van der Waals surface area contributed by atoms with E-state index in [2.05, 4.69) is 13.8 Å².